The maximum absolute atomic E-state index is 12.6. The first kappa shape index (κ1) is 18.0. The number of hydrogen-bond donors (Lipinski definition) is 1. The molecule has 2 aliphatic rings. The van der Waals surface area contributed by atoms with Crippen molar-refractivity contribution in [1.82, 2.24) is 19.4 Å². The first-order valence-electron chi connectivity index (χ1n) is 8.86. The number of nitrogens with zero attached hydrogens (tertiary/aromatic N) is 4. The van der Waals surface area contributed by atoms with E-state index in [0.29, 0.717) is 19.0 Å². The Balaban J connectivity index is 1.62. The highest BCUT2D eigenvalue weighted by atomic mass is 16.5. The van der Waals surface area contributed by atoms with E-state index in [0.717, 1.165) is 39.3 Å². The molecule has 2 atom stereocenters. The molecule has 0 bridgehead atoms. The zero-order valence-electron chi connectivity index (χ0n) is 14.4. The third-order valence-electron chi connectivity index (χ3n) is 4.94. The number of aromatic nitrogens is 2. The number of piperidine rings is 1. The monoisotopic (exact) mass is 350 g/mol. The van der Waals surface area contributed by atoms with Crippen LogP contribution < -0.4 is 5.69 Å². The summed E-state index contributed by atoms with van der Waals surface area (Å²) in [6, 6.07) is 1.64. The summed E-state index contributed by atoms with van der Waals surface area (Å²) in [6.07, 6.45) is 3.92. The van der Waals surface area contributed by atoms with Crippen LogP contribution in [-0.4, -0.2) is 82.9 Å². The minimum Gasteiger partial charge on any atom is -0.396 e. The predicted octanol–water partition coefficient (Wildman–Crippen LogP) is -0.967. The Morgan fingerprint density at radius 1 is 1.28 bits per heavy atom. The summed E-state index contributed by atoms with van der Waals surface area (Å²) in [5, 5.41) is 9.61. The Hall–Kier alpha value is -1.77. The van der Waals surface area contributed by atoms with Crippen LogP contribution in [-0.2, 0) is 16.1 Å². The highest BCUT2D eigenvalue weighted by Gasteiger charge is 2.31. The van der Waals surface area contributed by atoms with Crippen molar-refractivity contribution in [3.05, 3.63) is 28.9 Å². The second-order valence-electron chi connectivity index (χ2n) is 6.89. The summed E-state index contributed by atoms with van der Waals surface area (Å²) in [7, 11) is 0. The second kappa shape index (κ2) is 8.55. The van der Waals surface area contributed by atoms with Crippen molar-refractivity contribution in [3.8, 4) is 0 Å². The first-order valence-corrected chi connectivity index (χ1v) is 8.86. The normalized spacial score (nSPS) is 25.1. The number of amides is 1. The largest absolute Gasteiger partial charge is 0.396 e. The van der Waals surface area contributed by atoms with Gasteiger partial charge in [-0.2, -0.15) is 0 Å². The molecule has 2 fully saturated rings. The number of rotatable bonds is 5. The van der Waals surface area contributed by atoms with Gasteiger partial charge in [-0.25, -0.2) is 9.78 Å². The van der Waals surface area contributed by atoms with Gasteiger partial charge in [-0.15, -0.1) is 0 Å². The molecule has 0 saturated carbocycles. The molecule has 25 heavy (non-hydrogen) atoms. The number of aliphatic hydroxyl groups is 1. The van der Waals surface area contributed by atoms with Gasteiger partial charge in [-0.05, 0) is 24.3 Å². The molecule has 0 unspecified atom stereocenters. The van der Waals surface area contributed by atoms with Crippen molar-refractivity contribution in [2.75, 3.05) is 52.5 Å². The molecule has 8 nitrogen and oxygen atoms in total. The van der Waals surface area contributed by atoms with Gasteiger partial charge in [0.25, 0.3) is 0 Å². The molecule has 2 saturated heterocycles. The summed E-state index contributed by atoms with van der Waals surface area (Å²) in [4.78, 5) is 32.2. The molecule has 0 aromatic carbocycles. The third kappa shape index (κ3) is 4.87. The van der Waals surface area contributed by atoms with Crippen LogP contribution in [0.4, 0.5) is 0 Å². The fourth-order valence-corrected chi connectivity index (χ4v) is 3.69. The fraction of sp³-hybridized carbons (Fsp3) is 0.706. The van der Waals surface area contributed by atoms with Crippen LogP contribution in [0.15, 0.2) is 23.3 Å². The number of carbonyl (C=O) groups excluding carboxylic acids is 1. The topological polar surface area (TPSA) is 87.9 Å². The van der Waals surface area contributed by atoms with Gasteiger partial charge in [0.15, 0.2) is 0 Å². The molecule has 1 amide bonds. The zero-order valence-corrected chi connectivity index (χ0v) is 14.4. The summed E-state index contributed by atoms with van der Waals surface area (Å²) >= 11 is 0. The molecule has 0 aliphatic carbocycles. The smallest absolute Gasteiger partial charge is 0.347 e. The average Bonchev–Trinajstić information content (AvgIpc) is 2.64. The molecular formula is C17H26N4O4. The Kier molecular flexibility index (Phi) is 6.17. The minimum absolute atomic E-state index is 0.00486. The van der Waals surface area contributed by atoms with E-state index < -0.39 is 5.69 Å². The molecule has 0 spiro atoms. The number of aliphatic hydroxyl groups excluding tert-OH is 1. The lowest BCUT2D eigenvalue weighted by Gasteiger charge is -2.40. The van der Waals surface area contributed by atoms with Crippen molar-refractivity contribution in [1.29, 1.82) is 0 Å². The van der Waals surface area contributed by atoms with E-state index in [1.54, 1.807) is 17.2 Å². The number of carbonyl (C=O) groups is 1. The van der Waals surface area contributed by atoms with Crippen molar-refractivity contribution in [3.63, 3.8) is 0 Å². The zero-order chi connectivity index (χ0) is 17.6. The van der Waals surface area contributed by atoms with Crippen molar-refractivity contribution in [2.24, 2.45) is 11.8 Å². The van der Waals surface area contributed by atoms with Crippen molar-refractivity contribution < 1.29 is 14.6 Å². The summed E-state index contributed by atoms with van der Waals surface area (Å²) in [6.45, 7) is 5.54. The summed E-state index contributed by atoms with van der Waals surface area (Å²) < 4.78 is 6.70. The average molecular weight is 350 g/mol. The number of morpholine rings is 1. The SMILES string of the molecule is O=C(Cn1cccnc1=O)N1C[C@H](CO)C[C@H](CN2CCOCC2)C1. The van der Waals surface area contributed by atoms with E-state index in [4.69, 9.17) is 4.74 Å². The number of hydrogen-bond acceptors (Lipinski definition) is 6. The van der Waals surface area contributed by atoms with Gasteiger partial charge in [0.2, 0.25) is 5.91 Å². The van der Waals surface area contributed by atoms with Gasteiger partial charge in [0.1, 0.15) is 6.54 Å². The van der Waals surface area contributed by atoms with Gasteiger partial charge in [-0.1, -0.05) is 0 Å². The van der Waals surface area contributed by atoms with Crippen molar-refractivity contribution in [2.45, 2.75) is 13.0 Å². The van der Waals surface area contributed by atoms with Gasteiger partial charge in [0.05, 0.1) is 13.2 Å². The van der Waals surface area contributed by atoms with E-state index in [1.807, 2.05) is 0 Å². The summed E-state index contributed by atoms with van der Waals surface area (Å²) in [5.41, 5.74) is -0.420. The molecule has 3 heterocycles. The lowest BCUT2D eigenvalue weighted by molar-refractivity contribution is -0.135. The molecule has 8 heteroatoms. The van der Waals surface area contributed by atoms with Crippen LogP contribution in [0, 0.1) is 11.8 Å². The van der Waals surface area contributed by atoms with Crippen LogP contribution in [0.3, 0.4) is 0 Å². The van der Waals surface area contributed by atoms with Crippen LogP contribution in [0.25, 0.3) is 0 Å². The highest BCUT2D eigenvalue weighted by molar-refractivity contribution is 5.76. The minimum atomic E-state index is -0.420. The van der Waals surface area contributed by atoms with Crippen LogP contribution >= 0.6 is 0 Å². The Morgan fingerprint density at radius 2 is 2.04 bits per heavy atom. The van der Waals surface area contributed by atoms with E-state index in [9.17, 15) is 14.7 Å². The Labute approximate surface area is 147 Å². The van der Waals surface area contributed by atoms with Gasteiger partial charge in [-0.3, -0.25) is 14.3 Å². The van der Waals surface area contributed by atoms with E-state index >= 15 is 0 Å². The maximum Gasteiger partial charge on any atom is 0.347 e. The summed E-state index contributed by atoms with van der Waals surface area (Å²) in [5.74, 6) is 0.327. The molecule has 3 rings (SSSR count). The maximum atomic E-state index is 12.6. The Bertz CT molecular complexity index is 629. The predicted molar refractivity (Wildman–Crippen MR) is 91.0 cm³/mol. The van der Waals surface area contributed by atoms with Crippen molar-refractivity contribution >= 4 is 5.91 Å². The standard InChI is InChI=1S/C17H26N4O4/c22-13-15-8-14(9-19-4-6-25-7-5-19)10-21(11-15)16(23)12-20-3-1-2-18-17(20)24/h1-3,14-15,22H,4-13H2/t14-,15-/m1/s1. The molecule has 2 aliphatic heterocycles. The van der Waals surface area contributed by atoms with Crippen LogP contribution in [0.5, 0.6) is 0 Å². The lowest BCUT2D eigenvalue weighted by Crippen LogP contribution is -2.50. The van der Waals surface area contributed by atoms with E-state index in [1.165, 1.54) is 10.8 Å². The van der Waals surface area contributed by atoms with Gasteiger partial charge >= 0.3 is 5.69 Å². The molecule has 1 aromatic heterocycles. The number of ether oxygens (including phenoxy) is 1. The van der Waals surface area contributed by atoms with E-state index in [-0.39, 0.29) is 25.0 Å². The van der Waals surface area contributed by atoms with Gasteiger partial charge < -0.3 is 14.7 Å². The van der Waals surface area contributed by atoms with E-state index in [2.05, 4.69) is 9.88 Å². The molecule has 1 aromatic rings. The molecular weight excluding hydrogens is 324 g/mol. The highest BCUT2D eigenvalue weighted by Crippen LogP contribution is 2.23. The molecule has 138 valence electrons. The number of likely N-dealkylation sites (tertiary alicyclic amines) is 1. The lowest BCUT2D eigenvalue weighted by atomic mass is 9.89. The first-order chi connectivity index (χ1) is 12.2. The van der Waals surface area contributed by atoms with Gasteiger partial charge in [0, 0.05) is 51.7 Å². The van der Waals surface area contributed by atoms with Crippen LogP contribution in [0.2, 0.25) is 0 Å². The van der Waals surface area contributed by atoms with Crippen LogP contribution in [0.1, 0.15) is 6.42 Å². The third-order valence-corrected chi connectivity index (χ3v) is 4.94. The Morgan fingerprint density at radius 3 is 2.76 bits per heavy atom. The quantitative estimate of drug-likeness (QED) is 0.735. The molecule has 1 N–H and O–H groups in total. The fourth-order valence-electron chi connectivity index (χ4n) is 3.69. The second-order valence-corrected chi connectivity index (χ2v) is 6.89. The molecule has 0 radical (unpaired) electrons.